The van der Waals surface area contributed by atoms with E-state index in [1.165, 1.54) is 24.0 Å². The number of nitro groups is 1. The van der Waals surface area contributed by atoms with Gasteiger partial charge >= 0.3 is 0 Å². The van der Waals surface area contributed by atoms with E-state index in [-0.39, 0.29) is 5.69 Å². The smallest absolute Gasteiger partial charge is 0.277 e. The fourth-order valence-corrected chi connectivity index (χ4v) is 1.75. The van der Waals surface area contributed by atoms with Gasteiger partial charge < -0.3 is 11.5 Å². The Hall–Kier alpha value is -1.53. The zero-order valence-corrected chi connectivity index (χ0v) is 8.74. The molecule has 0 aliphatic heterocycles. The van der Waals surface area contributed by atoms with Crippen molar-refractivity contribution in [1.82, 2.24) is 0 Å². The lowest BCUT2D eigenvalue weighted by molar-refractivity contribution is -0.385. The van der Waals surface area contributed by atoms with Gasteiger partial charge in [0.2, 0.25) is 0 Å². The molecule has 0 saturated heterocycles. The van der Waals surface area contributed by atoms with Crippen LogP contribution in [0.25, 0.3) is 4.91 Å². The summed E-state index contributed by atoms with van der Waals surface area (Å²) in [6.45, 7) is 0. The van der Waals surface area contributed by atoms with E-state index >= 15 is 0 Å². The lowest BCUT2D eigenvalue weighted by Crippen LogP contribution is -1.98. The van der Waals surface area contributed by atoms with E-state index in [1.807, 2.05) is 0 Å². The average molecular weight is 225 g/mol. The summed E-state index contributed by atoms with van der Waals surface area (Å²) >= 11 is 1.27. The van der Waals surface area contributed by atoms with Gasteiger partial charge in [-0.3, -0.25) is 10.1 Å². The van der Waals surface area contributed by atoms with Crippen molar-refractivity contribution in [2.24, 2.45) is 11.5 Å². The fraction of sp³-hybridized carbons (Fsp3) is 0.111. The van der Waals surface area contributed by atoms with Crippen molar-refractivity contribution in [2.45, 2.75) is 0 Å². The molecule has 6 heteroatoms. The van der Waals surface area contributed by atoms with Crippen molar-refractivity contribution >= 4 is 22.4 Å². The molecule has 4 N–H and O–H groups in total. The van der Waals surface area contributed by atoms with Gasteiger partial charge in [-0.15, -0.1) is 11.8 Å². The summed E-state index contributed by atoms with van der Waals surface area (Å²) in [7, 11) is 0. The maximum absolute atomic E-state index is 10.7. The fourth-order valence-electron chi connectivity index (χ4n) is 1.15. The largest absolute Gasteiger partial charge is 0.404 e. The Labute approximate surface area is 91.3 Å². The Balaban J connectivity index is 3.17. The molecule has 0 aliphatic carbocycles. The first-order chi connectivity index (χ1) is 7.20. The first-order valence-electron chi connectivity index (χ1n) is 4.19. The zero-order chi connectivity index (χ0) is 11.3. The molecule has 0 heterocycles. The summed E-state index contributed by atoms with van der Waals surface area (Å²) in [6, 6.07) is 6.43. The molecule has 0 bridgehead atoms. The van der Waals surface area contributed by atoms with Crippen molar-refractivity contribution in [2.75, 3.05) is 5.88 Å². The normalized spacial score (nSPS) is 11.4. The molecule has 0 atom stereocenters. The van der Waals surface area contributed by atoms with Gasteiger partial charge in [-0.1, -0.05) is 12.1 Å². The minimum atomic E-state index is -0.435. The van der Waals surface area contributed by atoms with E-state index in [0.29, 0.717) is 16.3 Å². The van der Waals surface area contributed by atoms with E-state index in [2.05, 4.69) is 0 Å². The number of benzene rings is 1. The van der Waals surface area contributed by atoms with Crippen LogP contribution in [0.4, 0.5) is 5.69 Å². The second-order valence-corrected chi connectivity index (χ2v) is 3.68. The standard InChI is InChI=1S/C9H11N3O2S/c10-5-9(15-6-11)7-3-1-2-4-8(7)12(13)14/h1-5H,6,10-11H2/b9-5-. The highest BCUT2D eigenvalue weighted by molar-refractivity contribution is 8.08. The third kappa shape index (κ3) is 2.71. The predicted octanol–water partition coefficient (Wildman–Crippen LogP) is 1.50. The predicted molar refractivity (Wildman–Crippen MR) is 61.9 cm³/mol. The van der Waals surface area contributed by atoms with E-state index in [1.54, 1.807) is 18.2 Å². The first-order valence-corrected chi connectivity index (χ1v) is 5.17. The SMILES string of the molecule is N/C=C(\SCN)c1ccccc1[N+](=O)[O-]. The molecule has 0 unspecified atom stereocenters. The van der Waals surface area contributed by atoms with Gasteiger partial charge in [-0.2, -0.15) is 0 Å². The average Bonchev–Trinajstić information content (AvgIpc) is 2.26. The Morgan fingerprint density at radius 2 is 2.20 bits per heavy atom. The molecular weight excluding hydrogens is 214 g/mol. The van der Waals surface area contributed by atoms with Gasteiger partial charge in [0.15, 0.2) is 0 Å². The van der Waals surface area contributed by atoms with Crippen molar-refractivity contribution in [3.63, 3.8) is 0 Å². The maximum Gasteiger partial charge on any atom is 0.277 e. The number of hydrogen-bond donors (Lipinski definition) is 2. The van der Waals surface area contributed by atoms with E-state index in [4.69, 9.17) is 11.5 Å². The van der Waals surface area contributed by atoms with Crippen molar-refractivity contribution in [3.8, 4) is 0 Å². The van der Waals surface area contributed by atoms with Gasteiger partial charge in [0.25, 0.3) is 5.69 Å². The monoisotopic (exact) mass is 225 g/mol. The molecule has 5 nitrogen and oxygen atoms in total. The molecule has 0 radical (unpaired) electrons. The summed E-state index contributed by atoms with van der Waals surface area (Å²) in [5.41, 5.74) is 11.3. The van der Waals surface area contributed by atoms with Crippen LogP contribution in [0.5, 0.6) is 0 Å². The molecule has 1 rings (SSSR count). The molecule has 1 aromatic rings. The second kappa shape index (κ2) is 5.38. The highest BCUT2D eigenvalue weighted by Gasteiger charge is 2.15. The Kier molecular flexibility index (Phi) is 4.14. The second-order valence-electron chi connectivity index (χ2n) is 2.62. The Morgan fingerprint density at radius 1 is 1.53 bits per heavy atom. The van der Waals surface area contributed by atoms with Gasteiger partial charge in [0.05, 0.1) is 10.5 Å². The molecule has 0 amide bonds. The van der Waals surface area contributed by atoms with Crippen molar-refractivity contribution in [3.05, 3.63) is 46.1 Å². The third-order valence-corrected chi connectivity index (χ3v) is 2.59. The molecule has 0 spiro atoms. The summed E-state index contributed by atoms with van der Waals surface area (Å²) < 4.78 is 0. The van der Waals surface area contributed by atoms with Crippen LogP contribution in [0.3, 0.4) is 0 Å². The van der Waals surface area contributed by atoms with Crippen molar-refractivity contribution in [1.29, 1.82) is 0 Å². The summed E-state index contributed by atoms with van der Waals surface area (Å²) in [5.74, 6) is 0.328. The zero-order valence-electron chi connectivity index (χ0n) is 7.92. The quantitative estimate of drug-likeness (QED) is 0.460. The van der Waals surface area contributed by atoms with Gasteiger partial charge in [0.1, 0.15) is 0 Å². The highest BCUT2D eigenvalue weighted by atomic mass is 32.2. The van der Waals surface area contributed by atoms with Crippen LogP contribution in [-0.4, -0.2) is 10.8 Å². The van der Waals surface area contributed by atoms with Gasteiger partial charge in [0, 0.05) is 23.0 Å². The number of nitrogens with two attached hydrogens (primary N) is 2. The van der Waals surface area contributed by atoms with Gasteiger partial charge in [-0.05, 0) is 6.07 Å². The van der Waals surface area contributed by atoms with E-state index in [0.717, 1.165) is 0 Å². The van der Waals surface area contributed by atoms with Crippen molar-refractivity contribution < 1.29 is 4.92 Å². The number of nitro benzene ring substituents is 1. The lowest BCUT2D eigenvalue weighted by Gasteiger charge is -2.05. The number of para-hydroxylation sites is 1. The van der Waals surface area contributed by atoms with Crippen LogP contribution in [-0.2, 0) is 0 Å². The number of hydrogen-bond acceptors (Lipinski definition) is 5. The highest BCUT2D eigenvalue weighted by Crippen LogP contribution is 2.31. The summed E-state index contributed by atoms with van der Waals surface area (Å²) in [4.78, 5) is 10.9. The summed E-state index contributed by atoms with van der Waals surface area (Å²) in [6.07, 6.45) is 1.33. The molecule has 0 saturated carbocycles. The topological polar surface area (TPSA) is 95.2 Å². The Morgan fingerprint density at radius 3 is 2.73 bits per heavy atom. The minimum absolute atomic E-state index is 0.0372. The lowest BCUT2D eigenvalue weighted by atomic mass is 10.2. The molecular formula is C9H11N3O2S. The third-order valence-electron chi connectivity index (χ3n) is 1.76. The van der Waals surface area contributed by atoms with Crippen LogP contribution in [0.15, 0.2) is 30.5 Å². The van der Waals surface area contributed by atoms with Crippen LogP contribution in [0.2, 0.25) is 0 Å². The van der Waals surface area contributed by atoms with Crippen LogP contribution >= 0.6 is 11.8 Å². The molecule has 0 aromatic heterocycles. The van der Waals surface area contributed by atoms with Crippen LogP contribution in [0, 0.1) is 10.1 Å². The minimum Gasteiger partial charge on any atom is -0.404 e. The maximum atomic E-state index is 10.7. The summed E-state index contributed by atoms with van der Waals surface area (Å²) in [5, 5.41) is 10.7. The van der Waals surface area contributed by atoms with Crippen LogP contribution in [0.1, 0.15) is 5.56 Å². The first kappa shape index (κ1) is 11.5. The number of rotatable bonds is 4. The van der Waals surface area contributed by atoms with Crippen LogP contribution < -0.4 is 11.5 Å². The molecule has 1 aromatic carbocycles. The molecule has 0 fully saturated rings. The van der Waals surface area contributed by atoms with E-state index < -0.39 is 4.92 Å². The number of thioether (sulfide) groups is 1. The van der Waals surface area contributed by atoms with Gasteiger partial charge in [-0.25, -0.2) is 0 Å². The molecule has 0 aliphatic rings. The molecule has 80 valence electrons. The Bertz CT molecular complexity index is 393. The molecule has 15 heavy (non-hydrogen) atoms. The van der Waals surface area contributed by atoms with E-state index in [9.17, 15) is 10.1 Å². The number of nitrogens with zero attached hydrogens (tertiary/aromatic N) is 1.